The number of hydrogen-bond donors (Lipinski definition) is 2. The molecule has 5 nitrogen and oxygen atoms in total. The van der Waals surface area contributed by atoms with Crippen molar-refractivity contribution in [2.45, 2.75) is 19.3 Å². The van der Waals surface area contributed by atoms with Gasteiger partial charge in [0.25, 0.3) is 0 Å². The van der Waals surface area contributed by atoms with Crippen LogP contribution in [0.5, 0.6) is 0 Å². The Balaban J connectivity index is 1.63. The largest absolute Gasteiger partial charge is 0.356 e. The van der Waals surface area contributed by atoms with Gasteiger partial charge >= 0.3 is 0 Å². The number of halogens is 1. The number of guanidine groups is 1. The second kappa shape index (κ2) is 9.20. The van der Waals surface area contributed by atoms with Crippen LogP contribution in [0.25, 0.3) is 0 Å². The highest BCUT2D eigenvalue weighted by molar-refractivity contribution is 6.30. The molecule has 1 aromatic carbocycles. The number of nitrogens with zero attached hydrogens (tertiary/aromatic N) is 3. The Morgan fingerprint density at radius 2 is 2.04 bits per heavy atom. The monoisotopic (exact) mass is 333 g/mol. The van der Waals surface area contributed by atoms with Gasteiger partial charge < -0.3 is 10.6 Å². The van der Waals surface area contributed by atoms with E-state index in [9.17, 15) is 0 Å². The molecule has 0 aliphatic carbocycles. The summed E-state index contributed by atoms with van der Waals surface area (Å²) in [7, 11) is 3.73. The van der Waals surface area contributed by atoms with Gasteiger partial charge in [-0.1, -0.05) is 23.7 Å². The van der Waals surface area contributed by atoms with Gasteiger partial charge in [0, 0.05) is 38.4 Å². The van der Waals surface area contributed by atoms with Crippen LogP contribution in [0.15, 0.2) is 41.7 Å². The van der Waals surface area contributed by atoms with E-state index in [1.54, 1.807) is 7.05 Å². The molecule has 0 atom stereocenters. The molecule has 124 valence electrons. The van der Waals surface area contributed by atoms with Crippen LogP contribution in [0.1, 0.15) is 17.5 Å². The highest BCUT2D eigenvalue weighted by Crippen LogP contribution is 2.10. The van der Waals surface area contributed by atoms with E-state index >= 15 is 0 Å². The van der Waals surface area contributed by atoms with E-state index < -0.39 is 0 Å². The lowest BCUT2D eigenvalue weighted by atomic mass is 10.1. The van der Waals surface area contributed by atoms with Gasteiger partial charge in [0.1, 0.15) is 0 Å². The first-order chi connectivity index (χ1) is 11.2. The van der Waals surface area contributed by atoms with E-state index in [0.29, 0.717) is 0 Å². The molecule has 2 N–H and O–H groups in total. The van der Waals surface area contributed by atoms with Crippen molar-refractivity contribution in [3.05, 3.63) is 52.8 Å². The number of aromatic nitrogens is 2. The molecule has 1 aromatic heterocycles. The highest BCUT2D eigenvalue weighted by Gasteiger charge is 2.00. The molecule has 0 saturated carbocycles. The third-order valence-electron chi connectivity index (χ3n) is 3.51. The smallest absolute Gasteiger partial charge is 0.190 e. The van der Waals surface area contributed by atoms with E-state index in [1.165, 1.54) is 11.1 Å². The fourth-order valence-corrected chi connectivity index (χ4v) is 2.55. The van der Waals surface area contributed by atoms with Crippen molar-refractivity contribution in [2.24, 2.45) is 12.0 Å². The number of rotatable bonds is 7. The van der Waals surface area contributed by atoms with Crippen molar-refractivity contribution in [1.29, 1.82) is 0 Å². The Labute approximate surface area is 142 Å². The predicted molar refractivity (Wildman–Crippen MR) is 96.0 cm³/mol. The first-order valence-corrected chi connectivity index (χ1v) is 8.21. The summed E-state index contributed by atoms with van der Waals surface area (Å²) < 4.78 is 1.83. The van der Waals surface area contributed by atoms with Gasteiger partial charge in [-0.25, -0.2) is 0 Å². The zero-order chi connectivity index (χ0) is 16.5. The molecule has 6 heteroatoms. The molecule has 0 bridgehead atoms. The maximum atomic E-state index is 5.99. The Morgan fingerprint density at radius 1 is 1.22 bits per heavy atom. The fraction of sp³-hybridized carbons (Fsp3) is 0.412. The molecule has 2 rings (SSSR count). The third-order valence-corrected chi connectivity index (χ3v) is 3.75. The average Bonchev–Trinajstić information content (AvgIpc) is 2.95. The van der Waals surface area contributed by atoms with Crippen LogP contribution in [0.4, 0.5) is 0 Å². The quantitative estimate of drug-likeness (QED) is 0.465. The number of nitrogens with one attached hydrogen (secondary N) is 2. The minimum absolute atomic E-state index is 0.778. The molecular weight excluding hydrogens is 310 g/mol. The number of aryl methyl sites for hydroxylation is 2. The molecule has 2 aromatic rings. The summed E-state index contributed by atoms with van der Waals surface area (Å²) >= 11 is 5.99. The first-order valence-electron chi connectivity index (χ1n) is 7.84. The maximum absolute atomic E-state index is 5.99. The van der Waals surface area contributed by atoms with Crippen LogP contribution in [-0.2, 0) is 19.9 Å². The summed E-state index contributed by atoms with van der Waals surface area (Å²) in [5, 5.41) is 11.6. The van der Waals surface area contributed by atoms with Crippen molar-refractivity contribution in [3.8, 4) is 0 Å². The van der Waals surface area contributed by atoms with Crippen molar-refractivity contribution in [3.63, 3.8) is 0 Å². The van der Waals surface area contributed by atoms with Crippen LogP contribution in [0, 0.1) is 0 Å². The van der Waals surface area contributed by atoms with Crippen molar-refractivity contribution >= 4 is 17.6 Å². The van der Waals surface area contributed by atoms with Crippen LogP contribution < -0.4 is 10.6 Å². The number of hydrogen-bond acceptors (Lipinski definition) is 2. The summed E-state index contributed by atoms with van der Waals surface area (Å²) in [5.74, 6) is 0.832. The standard InChI is InChI=1S/C17H24ClN5/c1-19-17(20-9-4-6-15-12-22-23(2)13-15)21-10-8-14-5-3-7-16(18)11-14/h3,5,7,11-13H,4,6,8-10H2,1-2H3,(H2,19,20,21). The molecule has 0 amide bonds. The van der Waals surface area contributed by atoms with E-state index in [1.807, 2.05) is 36.1 Å². The van der Waals surface area contributed by atoms with Crippen LogP contribution in [0.3, 0.4) is 0 Å². The maximum Gasteiger partial charge on any atom is 0.190 e. The van der Waals surface area contributed by atoms with E-state index in [2.05, 4.69) is 33.0 Å². The number of aliphatic imine (C=N–C) groups is 1. The number of benzene rings is 1. The van der Waals surface area contributed by atoms with E-state index in [-0.39, 0.29) is 0 Å². The van der Waals surface area contributed by atoms with Gasteiger partial charge in [0.05, 0.1) is 6.20 Å². The topological polar surface area (TPSA) is 54.2 Å². The highest BCUT2D eigenvalue weighted by atomic mass is 35.5. The lowest BCUT2D eigenvalue weighted by Crippen LogP contribution is -2.38. The zero-order valence-corrected chi connectivity index (χ0v) is 14.5. The Kier molecular flexibility index (Phi) is 6.94. The molecule has 0 spiro atoms. The summed E-state index contributed by atoms with van der Waals surface area (Å²) in [6.07, 6.45) is 6.94. The molecule has 0 fully saturated rings. The van der Waals surface area contributed by atoms with Gasteiger partial charge in [0.2, 0.25) is 0 Å². The normalized spacial score (nSPS) is 11.5. The van der Waals surface area contributed by atoms with Gasteiger partial charge in [-0.05, 0) is 42.5 Å². The summed E-state index contributed by atoms with van der Waals surface area (Å²) in [6.45, 7) is 1.70. The molecule has 0 saturated heterocycles. The fourth-order valence-electron chi connectivity index (χ4n) is 2.34. The predicted octanol–water partition coefficient (Wildman–Crippen LogP) is 2.41. The molecule has 0 unspecified atom stereocenters. The molecule has 1 heterocycles. The Bertz CT molecular complexity index is 635. The third kappa shape index (κ3) is 6.32. The first kappa shape index (κ1) is 17.3. The lowest BCUT2D eigenvalue weighted by molar-refractivity contribution is 0.736. The van der Waals surface area contributed by atoms with Crippen LogP contribution in [0.2, 0.25) is 5.02 Å². The minimum atomic E-state index is 0.778. The lowest BCUT2D eigenvalue weighted by Gasteiger charge is -2.11. The van der Waals surface area contributed by atoms with E-state index in [4.69, 9.17) is 11.6 Å². The molecule has 23 heavy (non-hydrogen) atoms. The van der Waals surface area contributed by atoms with Crippen LogP contribution >= 0.6 is 11.6 Å². The SMILES string of the molecule is CN=C(NCCCc1cnn(C)c1)NCCc1cccc(Cl)c1. The van der Waals surface area contributed by atoms with Crippen molar-refractivity contribution in [2.75, 3.05) is 20.1 Å². The summed E-state index contributed by atoms with van der Waals surface area (Å²) in [4.78, 5) is 4.24. The molecule has 0 radical (unpaired) electrons. The molecule has 0 aliphatic rings. The summed E-state index contributed by atoms with van der Waals surface area (Å²) in [5.41, 5.74) is 2.48. The Hall–Kier alpha value is -2.01. The minimum Gasteiger partial charge on any atom is -0.356 e. The van der Waals surface area contributed by atoms with Gasteiger partial charge in [-0.15, -0.1) is 0 Å². The second-order valence-corrected chi connectivity index (χ2v) is 5.87. The summed E-state index contributed by atoms with van der Waals surface area (Å²) in [6, 6.07) is 7.94. The van der Waals surface area contributed by atoms with Crippen molar-refractivity contribution in [1.82, 2.24) is 20.4 Å². The molecule has 0 aliphatic heterocycles. The van der Waals surface area contributed by atoms with E-state index in [0.717, 1.165) is 43.3 Å². The van der Waals surface area contributed by atoms with Gasteiger partial charge in [0.15, 0.2) is 5.96 Å². The second-order valence-electron chi connectivity index (χ2n) is 5.43. The van der Waals surface area contributed by atoms with Crippen molar-refractivity contribution < 1.29 is 0 Å². The molecular formula is C17H24ClN5. The zero-order valence-electron chi connectivity index (χ0n) is 13.7. The Morgan fingerprint density at radius 3 is 2.74 bits per heavy atom. The van der Waals surface area contributed by atoms with Gasteiger partial charge in [-0.3, -0.25) is 9.67 Å². The van der Waals surface area contributed by atoms with Crippen LogP contribution in [-0.4, -0.2) is 35.9 Å². The van der Waals surface area contributed by atoms with Gasteiger partial charge in [-0.2, -0.15) is 5.10 Å². The average molecular weight is 334 g/mol.